The molecule has 0 spiro atoms. The second-order valence-corrected chi connectivity index (χ2v) is 22.5. The van der Waals surface area contributed by atoms with E-state index in [-0.39, 0.29) is 0 Å². The van der Waals surface area contributed by atoms with Crippen molar-refractivity contribution >= 4 is 0 Å². The van der Waals surface area contributed by atoms with Crippen molar-refractivity contribution in [3.8, 4) is 0 Å². The fraction of sp³-hybridized carbons (Fsp3) is 0.695. The van der Waals surface area contributed by atoms with Crippen LogP contribution in [0.5, 0.6) is 0 Å². The third kappa shape index (κ3) is 27.0. The number of aryl methyl sites for hydroxylation is 2. The predicted octanol–water partition coefficient (Wildman–Crippen LogP) is 9.38. The van der Waals surface area contributed by atoms with E-state index in [1.807, 2.05) is 73.8 Å². The van der Waals surface area contributed by atoms with Crippen LogP contribution >= 0.6 is 0 Å². The molecule has 0 atom stereocenters. The molecule has 0 aromatic carbocycles. The summed E-state index contributed by atoms with van der Waals surface area (Å²) in [4.78, 5) is 9.51. The summed E-state index contributed by atoms with van der Waals surface area (Å²) in [6.07, 6.45) is 24.4. The van der Waals surface area contributed by atoms with E-state index in [1.54, 1.807) is 7.11 Å². The quantitative estimate of drug-likeness (QED) is 0.0764. The number of aromatic nitrogens is 12. The molecule has 77 heavy (non-hydrogen) atoms. The summed E-state index contributed by atoms with van der Waals surface area (Å²) in [5.41, 5.74) is 7.88. The van der Waals surface area contributed by atoms with E-state index >= 15 is 0 Å². The van der Waals surface area contributed by atoms with Gasteiger partial charge in [0.1, 0.15) is 0 Å². The minimum absolute atomic E-state index is 0.557. The summed E-state index contributed by atoms with van der Waals surface area (Å²) in [6, 6.07) is 0. The van der Waals surface area contributed by atoms with Crippen LogP contribution in [0, 0.1) is 0 Å². The highest BCUT2D eigenvalue weighted by molar-refractivity contribution is 5.12. The molecule has 0 bridgehead atoms. The smallest absolute Gasteiger partial charge is 0.0658 e. The van der Waals surface area contributed by atoms with Gasteiger partial charge >= 0.3 is 0 Å². The summed E-state index contributed by atoms with van der Waals surface area (Å²) >= 11 is 0. The monoisotopic (exact) mass is 1070 g/mol. The number of hydrogen-bond acceptors (Lipinski definition) is 12. The van der Waals surface area contributed by atoms with Gasteiger partial charge in [-0.25, -0.2) is 0 Å². The summed E-state index contributed by atoms with van der Waals surface area (Å²) < 4.78 is 22.1. The Bertz CT molecular complexity index is 2370. The lowest BCUT2D eigenvalue weighted by atomic mass is 10.1. The van der Waals surface area contributed by atoms with E-state index in [2.05, 4.69) is 197 Å². The van der Waals surface area contributed by atoms with E-state index in [9.17, 15) is 0 Å². The Hall–Kier alpha value is -4.98. The maximum absolute atomic E-state index is 5.32. The van der Waals surface area contributed by atoms with Gasteiger partial charge in [-0.05, 0) is 97.0 Å². The zero-order valence-corrected chi connectivity index (χ0v) is 51.4. The van der Waals surface area contributed by atoms with Crippen molar-refractivity contribution in [1.82, 2.24) is 78.3 Å². The van der Waals surface area contributed by atoms with Crippen LogP contribution in [0.4, 0.5) is 0 Å². The normalized spacial score (nSPS) is 14.3. The number of ether oxygens (including phenoxy) is 2. The van der Waals surface area contributed by atoms with Crippen LogP contribution in [0.1, 0.15) is 159 Å². The van der Waals surface area contributed by atoms with Crippen LogP contribution in [-0.4, -0.2) is 185 Å². The first-order chi connectivity index (χ1) is 36.7. The average molecular weight is 1070 g/mol. The van der Waals surface area contributed by atoms with Crippen LogP contribution < -0.4 is 0 Å². The molecule has 8 heterocycles. The van der Waals surface area contributed by atoms with Crippen molar-refractivity contribution in [2.75, 3.05) is 107 Å². The largest absolute Gasteiger partial charge is 0.383 e. The first-order valence-electron chi connectivity index (χ1n) is 28.6. The summed E-state index contributed by atoms with van der Waals surface area (Å²) in [5.74, 6) is 3.47. The van der Waals surface area contributed by atoms with Crippen LogP contribution in [-0.2, 0) is 49.2 Å². The minimum Gasteiger partial charge on any atom is -0.383 e. The van der Waals surface area contributed by atoms with E-state index in [1.165, 1.54) is 59.6 Å². The molecule has 2 aliphatic rings. The van der Waals surface area contributed by atoms with Crippen molar-refractivity contribution in [1.29, 1.82) is 0 Å². The van der Waals surface area contributed by atoms with Crippen LogP contribution in [0.15, 0.2) is 74.4 Å². The van der Waals surface area contributed by atoms with Gasteiger partial charge in [0, 0.05) is 117 Å². The highest BCUT2D eigenvalue weighted by Gasteiger charge is 2.14. The fourth-order valence-electron chi connectivity index (χ4n) is 7.66. The van der Waals surface area contributed by atoms with Crippen LogP contribution in [0.2, 0.25) is 0 Å². The zero-order chi connectivity index (χ0) is 56.9. The predicted molar refractivity (Wildman–Crippen MR) is 316 cm³/mol. The molecular formula is C59H106N16O2. The Kier molecular flexibility index (Phi) is 31.2. The maximum atomic E-state index is 5.32. The lowest BCUT2D eigenvalue weighted by Crippen LogP contribution is -2.45. The summed E-state index contributed by atoms with van der Waals surface area (Å²) in [7, 11) is 9.98. The Morgan fingerprint density at radius 1 is 0.442 bits per heavy atom. The molecule has 0 saturated carbocycles. The molecule has 6 aromatic rings. The average Bonchev–Trinajstić information content (AvgIpc) is 4.27. The molecule has 2 saturated heterocycles. The van der Waals surface area contributed by atoms with Crippen molar-refractivity contribution in [3.63, 3.8) is 0 Å². The lowest BCUT2D eigenvalue weighted by Gasteiger charge is -2.32. The number of nitrogens with zero attached hydrogens (tertiary/aromatic N) is 16. The van der Waals surface area contributed by atoms with Gasteiger partial charge in [-0.15, -0.1) is 0 Å². The maximum Gasteiger partial charge on any atom is 0.0658 e. The molecule has 2 fully saturated rings. The van der Waals surface area contributed by atoms with Gasteiger partial charge in [-0.1, -0.05) is 83.1 Å². The zero-order valence-electron chi connectivity index (χ0n) is 51.4. The molecule has 434 valence electrons. The van der Waals surface area contributed by atoms with Crippen molar-refractivity contribution in [3.05, 3.63) is 108 Å². The molecule has 0 N–H and O–H groups in total. The van der Waals surface area contributed by atoms with Gasteiger partial charge in [0.25, 0.3) is 0 Å². The van der Waals surface area contributed by atoms with Gasteiger partial charge in [0.2, 0.25) is 0 Å². The van der Waals surface area contributed by atoms with Crippen LogP contribution in [0.3, 0.4) is 0 Å². The highest BCUT2D eigenvalue weighted by Crippen LogP contribution is 2.16. The molecule has 18 nitrogen and oxygen atoms in total. The standard InChI is InChI=1S/C13H24N4.C12H21N3O.C10H19N3.C9H16N2O.C8H14N2.C7H12N2/c1-12(2)13-10-14-17(11-13)9-8-16-6-4-15(3)5-7-16;1-11(2)12-9-13-15(10-12)4-3-14-5-7-16-8-6-14;1-9(2)10-7-11-13(8-10)6-5-12(3)4;1-8(2)9-6-10-11(7-9)4-5-12-3;1-4-10-6-8(5-9-10)7(2)3;1-6(2)7-4-8-9(3)5-7/h10-12H,4-9H2,1-3H3;9-11H,3-8H2,1-2H3;7-9H,5-6H2,1-4H3;6-8H,4-5H2,1-3H3;5-7H,4H2,1-3H3;4-6H,1-3H3. The second-order valence-electron chi connectivity index (χ2n) is 22.5. The molecule has 0 unspecified atom stereocenters. The topological polar surface area (TPSA) is 138 Å². The number of methoxy groups -OCH3 is 1. The van der Waals surface area contributed by atoms with Crippen molar-refractivity contribution in [2.24, 2.45) is 7.05 Å². The van der Waals surface area contributed by atoms with Gasteiger partial charge in [-0.3, -0.25) is 37.9 Å². The molecule has 2 aliphatic heterocycles. The van der Waals surface area contributed by atoms with E-state index in [0.717, 1.165) is 85.3 Å². The molecule has 18 heteroatoms. The minimum atomic E-state index is 0.557. The second kappa shape index (κ2) is 36.2. The third-order valence-electron chi connectivity index (χ3n) is 13.6. The first-order valence-corrected chi connectivity index (χ1v) is 28.6. The number of piperazine rings is 1. The molecule has 6 aromatic heterocycles. The summed E-state index contributed by atoms with van der Waals surface area (Å²) in [5, 5.41) is 25.5. The number of rotatable bonds is 19. The number of likely N-dealkylation sites (N-methyl/N-ethyl adjacent to an activating group) is 2. The molecule has 0 amide bonds. The third-order valence-corrected chi connectivity index (χ3v) is 13.6. The highest BCUT2D eigenvalue weighted by atomic mass is 16.5. The summed E-state index contributed by atoms with van der Waals surface area (Å²) in [6.45, 7) is 45.6. The molecule has 8 rings (SSSR count). The molecule has 0 radical (unpaired) electrons. The van der Waals surface area contributed by atoms with E-state index in [4.69, 9.17) is 9.47 Å². The number of hydrogen-bond donors (Lipinski definition) is 0. The Balaban J connectivity index is 0.000000246. The van der Waals surface area contributed by atoms with Gasteiger partial charge in [0.05, 0.1) is 83.2 Å². The Morgan fingerprint density at radius 3 is 1.09 bits per heavy atom. The van der Waals surface area contributed by atoms with E-state index < -0.39 is 0 Å². The van der Waals surface area contributed by atoms with Gasteiger partial charge in [0.15, 0.2) is 0 Å². The van der Waals surface area contributed by atoms with Gasteiger partial charge < -0.3 is 19.3 Å². The first kappa shape index (κ1) is 66.3. The number of morpholine rings is 1. The Labute approximate surface area is 466 Å². The van der Waals surface area contributed by atoms with Crippen molar-refractivity contribution in [2.45, 2.75) is 158 Å². The Morgan fingerprint density at radius 2 is 0.779 bits per heavy atom. The van der Waals surface area contributed by atoms with Crippen LogP contribution in [0.25, 0.3) is 0 Å². The molecule has 0 aliphatic carbocycles. The lowest BCUT2D eigenvalue weighted by molar-refractivity contribution is 0.0359. The fourth-order valence-corrected chi connectivity index (χ4v) is 7.66. The molecular weight excluding hydrogens is 965 g/mol. The SMILES string of the molecule is CC(C)c1cnn(C)c1.CC(C)c1cnn(CCN(C)C)c1.CC(C)c1cnn(CCN2CCN(C)CC2)c1.CC(C)c1cnn(CCN2CCOCC2)c1.CCn1cc(C(C)C)cn1.COCCn1cc(C(C)C)cn1. The van der Waals surface area contributed by atoms with Crippen molar-refractivity contribution < 1.29 is 9.47 Å². The van der Waals surface area contributed by atoms with E-state index in [0.29, 0.717) is 35.5 Å². The van der Waals surface area contributed by atoms with Gasteiger partial charge in [-0.2, -0.15) is 30.6 Å².